The van der Waals surface area contributed by atoms with Gasteiger partial charge in [-0.1, -0.05) is 0 Å². The number of anilines is 1. The molecule has 0 heterocycles. The van der Waals surface area contributed by atoms with Gasteiger partial charge in [0.2, 0.25) is 5.91 Å². The number of amides is 1. The Labute approximate surface area is 103 Å². The molecule has 0 saturated carbocycles. The average molecular weight is 255 g/mol. The van der Waals surface area contributed by atoms with Crippen LogP contribution in [0.4, 0.5) is 15.8 Å². The zero-order valence-electron chi connectivity index (χ0n) is 10.1. The lowest BCUT2D eigenvalue weighted by Crippen LogP contribution is -2.37. The van der Waals surface area contributed by atoms with Gasteiger partial charge in [-0.25, -0.2) is 4.39 Å². The third-order valence-corrected chi connectivity index (χ3v) is 2.54. The van der Waals surface area contributed by atoms with Crippen LogP contribution in [-0.2, 0) is 4.79 Å². The van der Waals surface area contributed by atoms with Crippen LogP contribution in [0, 0.1) is 21.3 Å². The Hall–Kier alpha value is -2.02. The van der Waals surface area contributed by atoms with E-state index < -0.39 is 22.1 Å². The molecule has 0 aliphatic heterocycles. The summed E-state index contributed by atoms with van der Waals surface area (Å²) in [6.07, 6.45) is 0. The molecule has 0 spiro atoms. The van der Waals surface area contributed by atoms with Crippen LogP contribution in [0.5, 0.6) is 0 Å². The number of halogens is 1. The molecule has 3 N–H and O–H groups in total. The van der Waals surface area contributed by atoms with Gasteiger partial charge < -0.3 is 11.1 Å². The summed E-state index contributed by atoms with van der Waals surface area (Å²) in [4.78, 5) is 21.5. The number of non-ortho nitro benzene ring substituents is 1. The number of nitro groups is 1. The second-order valence-electron chi connectivity index (χ2n) is 4.46. The number of hydrogen-bond acceptors (Lipinski definition) is 4. The highest BCUT2D eigenvalue weighted by Gasteiger charge is 2.26. The van der Waals surface area contributed by atoms with E-state index >= 15 is 0 Å². The van der Waals surface area contributed by atoms with Crippen LogP contribution in [0.2, 0.25) is 0 Å². The molecule has 1 aromatic carbocycles. The standard InChI is InChI=1S/C11H14FN3O3/c1-11(2,6-13)10(16)14-9-4-3-7(15(17)18)5-8(9)12/h3-5H,6,13H2,1-2H3,(H,14,16). The van der Waals surface area contributed by atoms with Crippen molar-refractivity contribution in [2.24, 2.45) is 11.1 Å². The van der Waals surface area contributed by atoms with Crippen molar-refractivity contribution in [3.8, 4) is 0 Å². The van der Waals surface area contributed by atoms with Gasteiger partial charge in [0.05, 0.1) is 22.1 Å². The van der Waals surface area contributed by atoms with Crippen molar-refractivity contribution in [2.45, 2.75) is 13.8 Å². The van der Waals surface area contributed by atoms with Crippen LogP contribution in [0.1, 0.15) is 13.8 Å². The number of carbonyl (C=O) groups is 1. The number of carbonyl (C=O) groups excluding carboxylic acids is 1. The predicted octanol–water partition coefficient (Wildman–Crippen LogP) is 1.66. The Kier molecular flexibility index (Phi) is 3.97. The Morgan fingerprint density at radius 2 is 2.17 bits per heavy atom. The summed E-state index contributed by atoms with van der Waals surface area (Å²) in [7, 11) is 0. The smallest absolute Gasteiger partial charge is 0.272 e. The fourth-order valence-corrected chi connectivity index (χ4v) is 1.10. The first-order valence-corrected chi connectivity index (χ1v) is 5.23. The minimum atomic E-state index is -0.856. The molecule has 1 aromatic rings. The number of nitro benzene ring substituents is 1. The normalized spacial score (nSPS) is 11.1. The number of nitrogens with zero attached hydrogens (tertiary/aromatic N) is 1. The van der Waals surface area contributed by atoms with Crippen LogP contribution in [0.15, 0.2) is 18.2 Å². The van der Waals surface area contributed by atoms with E-state index in [2.05, 4.69) is 5.32 Å². The fourth-order valence-electron chi connectivity index (χ4n) is 1.10. The summed E-state index contributed by atoms with van der Waals surface area (Å²) < 4.78 is 13.5. The molecule has 7 heteroatoms. The number of benzene rings is 1. The molecule has 0 aromatic heterocycles. The quantitative estimate of drug-likeness (QED) is 0.631. The Bertz CT molecular complexity index is 488. The Morgan fingerprint density at radius 3 is 2.61 bits per heavy atom. The van der Waals surface area contributed by atoms with Crippen LogP contribution in [0.3, 0.4) is 0 Å². The zero-order valence-corrected chi connectivity index (χ0v) is 10.1. The molecule has 0 unspecified atom stereocenters. The maximum absolute atomic E-state index is 13.5. The first-order chi connectivity index (χ1) is 8.27. The van der Waals surface area contributed by atoms with E-state index in [4.69, 9.17) is 5.73 Å². The molecule has 98 valence electrons. The van der Waals surface area contributed by atoms with Crippen LogP contribution >= 0.6 is 0 Å². The SMILES string of the molecule is CC(C)(CN)C(=O)Nc1ccc([N+](=O)[O-])cc1F. The second-order valence-corrected chi connectivity index (χ2v) is 4.46. The Morgan fingerprint density at radius 1 is 1.56 bits per heavy atom. The maximum atomic E-state index is 13.5. The molecule has 0 radical (unpaired) electrons. The molecule has 0 aliphatic carbocycles. The maximum Gasteiger partial charge on any atom is 0.272 e. The summed E-state index contributed by atoms with van der Waals surface area (Å²) in [6.45, 7) is 3.34. The van der Waals surface area contributed by atoms with E-state index in [1.807, 2.05) is 0 Å². The second kappa shape index (κ2) is 5.09. The zero-order chi connectivity index (χ0) is 13.9. The Balaban J connectivity index is 2.93. The number of nitrogens with two attached hydrogens (primary N) is 1. The summed E-state index contributed by atoms with van der Waals surface area (Å²) in [5.74, 6) is -1.30. The summed E-state index contributed by atoms with van der Waals surface area (Å²) in [6, 6.07) is 3.02. The summed E-state index contributed by atoms with van der Waals surface area (Å²) in [5.41, 5.74) is 4.10. The summed E-state index contributed by atoms with van der Waals surface area (Å²) in [5, 5.41) is 12.8. The molecule has 6 nitrogen and oxygen atoms in total. The van der Waals surface area contributed by atoms with Gasteiger partial charge in [0.25, 0.3) is 5.69 Å². The third-order valence-electron chi connectivity index (χ3n) is 2.54. The summed E-state index contributed by atoms with van der Waals surface area (Å²) >= 11 is 0. The van der Waals surface area contributed by atoms with Gasteiger partial charge in [-0.05, 0) is 19.9 Å². The molecule has 0 saturated heterocycles. The minimum Gasteiger partial charge on any atom is -0.329 e. The first kappa shape index (κ1) is 14.0. The molecule has 0 atom stereocenters. The van der Waals surface area contributed by atoms with Crippen LogP contribution < -0.4 is 11.1 Å². The number of rotatable bonds is 4. The lowest BCUT2D eigenvalue weighted by Gasteiger charge is -2.21. The van der Waals surface area contributed by atoms with E-state index in [0.29, 0.717) is 0 Å². The highest BCUT2D eigenvalue weighted by atomic mass is 19.1. The lowest BCUT2D eigenvalue weighted by molar-refractivity contribution is -0.385. The van der Waals surface area contributed by atoms with Gasteiger partial charge in [0.15, 0.2) is 5.82 Å². The van der Waals surface area contributed by atoms with Gasteiger partial charge >= 0.3 is 0 Å². The average Bonchev–Trinajstić information content (AvgIpc) is 2.31. The van der Waals surface area contributed by atoms with Gasteiger partial charge in [0, 0.05) is 12.6 Å². The molecular formula is C11H14FN3O3. The monoisotopic (exact) mass is 255 g/mol. The van der Waals surface area contributed by atoms with E-state index in [1.165, 1.54) is 0 Å². The molecule has 1 rings (SSSR count). The molecular weight excluding hydrogens is 241 g/mol. The van der Waals surface area contributed by atoms with Crippen molar-refractivity contribution in [2.75, 3.05) is 11.9 Å². The molecule has 0 bridgehead atoms. The van der Waals surface area contributed by atoms with Gasteiger partial charge in [-0.3, -0.25) is 14.9 Å². The van der Waals surface area contributed by atoms with Gasteiger partial charge in [-0.15, -0.1) is 0 Å². The molecule has 0 fully saturated rings. The van der Waals surface area contributed by atoms with Gasteiger partial charge in [0.1, 0.15) is 0 Å². The van der Waals surface area contributed by atoms with Crippen molar-refractivity contribution < 1.29 is 14.1 Å². The fraction of sp³-hybridized carbons (Fsp3) is 0.364. The van der Waals surface area contributed by atoms with Crippen molar-refractivity contribution in [3.05, 3.63) is 34.1 Å². The van der Waals surface area contributed by atoms with Gasteiger partial charge in [-0.2, -0.15) is 0 Å². The van der Waals surface area contributed by atoms with E-state index in [1.54, 1.807) is 13.8 Å². The lowest BCUT2D eigenvalue weighted by atomic mass is 9.92. The topological polar surface area (TPSA) is 98.3 Å². The number of nitrogens with one attached hydrogen (secondary N) is 1. The minimum absolute atomic E-state index is 0.105. The van der Waals surface area contributed by atoms with E-state index in [0.717, 1.165) is 18.2 Å². The molecule has 1 amide bonds. The first-order valence-electron chi connectivity index (χ1n) is 5.23. The van der Waals surface area contributed by atoms with Crippen LogP contribution in [0.25, 0.3) is 0 Å². The largest absolute Gasteiger partial charge is 0.329 e. The van der Waals surface area contributed by atoms with Crippen molar-refractivity contribution in [3.63, 3.8) is 0 Å². The highest BCUT2D eigenvalue weighted by Crippen LogP contribution is 2.23. The van der Waals surface area contributed by atoms with Crippen molar-refractivity contribution >= 4 is 17.3 Å². The number of hydrogen-bond donors (Lipinski definition) is 2. The van der Waals surface area contributed by atoms with E-state index in [9.17, 15) is 19.3 Å². The predicted molar refractivity (Wildman–Crippen MR) is 64.5 cm³/mol. The van der Waals surface area contributed by atoms with Crippen LogP contribution in [-0.4, -0.2) is 17.4 Å². The van der Waals surface area contributed by atoms with Crippen molar-refractivity contribution in [1.29, 1.82) is 0 Å². The third kappa shape index (κ3) is 3.01. The molecule has 18 heavy (non-hydrogen) atoms. The molecule has 0 aliphatic rings. The van der Waals surface area contributed by atoms with Crippen molar-refractivity contribution in [1.82, 2.24) is 0 Å². The highest BCUT2D eigenvalue weighted by molar-refractivity contribution is 5.95. The van der Waals surface area contributed by atoms with E-state index in [-0.39, 0.29) is 17.9 Å².